The van der Waals surface area contributed by atoms with Crippen LogP contribution in [-0.2, 0) is 10.0 Å². The highest BCUT2D eigenvalue weighted by Crippen LogP contribution is 2.31. The van der Waals surface area contributed by atoms with Gasteiger partial charge in [-0.15, -0.1) is 12.4 Å². The lowest BCUT2D eigenvalue weighted by Crippen LogP contribution is -2.42. The Labute approximate surface area is 156 Å². The minimum Gasteiger partial charge on any atom is -0.319 e. The molecule has 0 bridgehead atoms. The summed E-state index contributed by atoms with van der Waals surface area (Å²) < 4.78 is 28.1. The second-order valence-electron chi connectivity index (χ2n) is 6.29. The van der Waals surface area contributed by atoms with Crippen molar-refractivity contribution in [2.24, 2.45) is 5.92 Å². The maximum Gasteiger partial charge on any atom is 0.243 e. The van der Waals surface area contributed by atoms with Crippen molar-refractivity contribution < 1.29 is 8.42 Å². The summed E-state index contributed by atoms with van der Waals surface area (Å²) in [6.07, 6.45) is 1.99. The van der Waals surface area contributed by atoms with Crippen LogP contribution in [0.2, 0.25) is 0 Å². The van der Waals surface area contributed by atoms with Gasteiger partial charge in [-0.1, -0.05) is 48.5 Å². The van der Waals surface area contributed by atoms with Gasteiger partial charge in [0.25, 0.3) is 0 Å². The molecule has 1 aliphatic rings. The molecule has 4 nitrogen and oxygen atoms in total. The summed E-state index contributed by atoms with van der Waals surface area (Å²) in [4.78, 5) is 0.404. The molecular weight excluding hydrogens is 356 g/mol. The van der Waals surface area contributed by atoms with Crippen LogP contribution in [0.3, 0.4) is 0 Å². The number of hydrogen-bond acceptors (Lipinski definition) is 3. The van der Waals surface area contributed by atoms with Crippen molar-refractivity contribution in [3.8, 4) is 11.1 Å². The van der Waals surface area contributed by atoms with Crippen molar-refractivity contribution in [1.29, 1.82) is 0 Å². The fourth-order valence-electron chi connectivity index (χ4n) is 3.39. The first kappa shape index (κ1) is 19.9. The Bertz CT molecular complexity index is 779. The van der Waals surface area contributed by atoms with E-state index < -0.39 is 10.0 Å². The quantitative estimate of drug-likeness (QED) is 0.864. The molecule has 1 fully saturated rings. The van der Waals surface area contributed by atoms with Gasteiger partial charge in [0.15, 0.2) is 0 Å². The third-order valence-electron chi connectivity index (χ3n) is 4.56. The molecule has 1 unspecified atom stereocenters. The molecular formula is C19H25ClN2O2S. The first-order valence-electron chi connectivity index (χ1n) is 8.42. The fraction of sp³-hybridized carbons (Fsp3) is 0.368. The van der Waals surface area contributed by atoms with Crippen molar-refractivity contribution in [3.05, 3.63) is 54.6 Å². The molecule has 0 radical (unpaired) electrons. The topological polar surface area (TPSA) is 49.4 Å². The molecule has 0 aliphatic carbocycles. The van der Waals surface area contributed by atoms with Gasteiger partial charge in [0.1, 0.15) is 0 Å². The van der Waals surface area contributed by atoms with Gasteiger partial charge in [0, 0.05) is 18.7 Å². The molecule has 0 aromatic heterocycles. The fourth-order valence-corrected chi connectivity index (χ4v) is 5.16. The van der Waals surface area contributed by atoms with Crippen LogP contribution < -0.4 is 5.32 Å². The molecule has 2 aromatic carbocycles. The van der Waals surface area contributed by atoms with E-state index in [9.17, 15) is 8.42 Å². The number of nitrogens with zero attached hydrogens (tertiary/aromatic N) is 1. The van der Waals surface area contributed by atoms with Crippen molar-refractivity contribution in [2.75, 3.05) is 26.7 Å². The van der Waals surface area contributed by atoms with E-state index in [1.54, 1.807) is 16.4 Å². The van der Waals surface area contributed by atoms with Gasteiger partial charge in [-0.3, -0.25) is 0 Å². The molecule has 0 saturated carbocycles. The summed E-state index contributed by atoms with van der Waals surface area (Å²) in [5.74, 6) is 0.377. The zero-order valence-electron chi connectivity index (χ0n) is 14.4. The van der Waals surface area contributed by atoms with Crippen molar-refractivity contribution >= 4 is 22.4 Å². The Morgan fingerprint density at radius 2 is 1.76 bits per heavy atom. The first-order chi connectivity index (χ1) is 11.6. The smallest absolute Gasteiger partial charge is 0.243 e. The van der Waals surface area contributed by atoms with Crippen molar-refractivity contribution in [1.82, 2.24) is 9.62 Å². The lowest BCUT2D eigenvalue weighted by Gasteiger charge is -2.32. The zero-order chi connectivity index (χ0) is 17.0. The molecule has 1 aliphatic heterocycles. The summed E-state index contributed by atoms with van der Waals surface area (Å²) in [6.45, 7) is 2.05. The largest absolute Gasteiger partial charge is 0.319 e. The van der Waals surface area contributed by atoms with Gasteiger partial charge in [-0.05, 0) is 44.0 Å². The minimum atomic E-state index is -3.49. The minimum absolute atomic E-state index is 0. The zero-order valence-corrected chi connectivity index (χ0v) is 16.0. The van der Waals surface area contributed by atoms with Gasteiger partial charge in [0.2, 0.25) is 10.0 Å². The highest BCUT2D eigenvalue weighted by Gasteiger charge is 2.31. The average molecular weight is 381 g/mol. The van der Waals surface area contributed by atoms with E-state index in [4.69, 9.17) is 0 Å². The molecule has 25 heavy (non-hydrogen) atoms. The molecule has 1 heterocycles. The molecule has 1 saturated heterocycles. The van der Waals surface area contributed by atoms with Crippen LogP contribution >= 0.6 is 12.4 Å². The first-order valence-corrected chi connectivity index (χ1v) is 9.86. The third-order valence-corrected chi connectivity index (χ3v) is 6.49. The maximum absolute atomic E-state index is 13.2. The molecule has 136 valence electrons. The maximum atomic E-state index is 13.2. The van der Waals surface area contributed by atoms with Crippen LogP contribution in [-0.4, -0.2) is 39.4 Å². The number of nitrogens with one attached hydrogen (secondary N) is 1. The summed E-state index contributed by atoms with van der Waals surface area (Å²) in [6, 6.07) is 17.0. The highest BCUT2D eigenvalue weighted by atomic mass is 35.5. The summed E-state index contributed by atoms with van der Waals surface area (Å²) in [5.41, 5.74) is 1.70. The number of sulfonamides is 1. The van der Waals surface area contributed by atoms with E-state index in [1.807, 2.05) is 49.5 Å². The molecule has 1 atom stereocenters. The van der Waals surface area contributed by atoms with Gasteiger partial charge >= 0.3 is 0 Å². The Morgan fingerprint density at radius 1 is 1.08 bits per heavy atom. The predicted octanol–water partition coefficient (Wildman–Crippen LogP) is 3.40. The molecule has 2 aromatic rings. The number of halogens is 1. The van der Waals surface area contributed by atoms with Gasteiger partial charge in [0.05, 0.1) is 4.90 Å². The molecule has 0 amide bonds. The average Bonchev–Trinajstić information content (AvgIpc) is 2.63. The monoisotopic (exact) mass is 380 g/mol. The lowest BCUT2D eigenvalue weighted by molar-refractivity contribution is 0.263. The van der Waals surface area contributed by atoms with Crippen LogP contribution in [0.1, 0.15) is 12.8 Å². The Morgan fingerprint density at radius 3 is 2.48 bits per heavy atom. The molecule has 1 N–H and O–H groups in total. The molecule has 3 rings (SSSR count). The summed E-state index contributed by atoms with van der Waals surface area (Å²) >= 11 is 0. The summed E-state index contributed by atoms with van der Waals surface area (Å²) in [5, 5.41) is 3.16. The van der Waals surface area contributed by atoms with E-state index in [1.165, 1.54) is 0 Å². The second kappa shape index (κ2) is 8.81. The van der Waals surface area contributed by atoms with Crippen LogP contribution in [0.4, 0.5) is 0 Å². The lowest BCUT2D eigenvalue weighted by atomic mass is 10.00. The van der Waals surface area contributed by atoms with Gasteiger partial charge in [-0.25, -0.2) is 8.42 Å². The number of rotatable bonds is 5. The highest BCUT2D eigenvalue weighted by molar-refractivity contribution is 7.89. The van der Waals surface area contributed by atoms with E-state index >= 15 is 0 Å². The van der Waals surface area contributed by atoms with Crippen molar-refractivity contribution in [2.45, 2.75) is 17.7 Å². The number of hydrogen-bond donors (Lipinski definition) is 1. The Hall–Kier alpha value is -1.40. The van der Waals surface area contributed by atoms with Gasteiger partial charge < -0.3 is 5.32 Å². The Kier molecular flexibility index (Phi) is 7.02. The van der Waals surface area contributed by atoms with Gasteiger partial charge in [-0.2, -0.15) is 4.31 Å². The normalized spacial score (nSPS) is 18.5. The third kappa shape index (κ3) is 4.42. The Balaban J connectivity index is 0.00000225. The van der Waals surface area contributed by atoms with Crippen LogP contribution in [0, 0.1) is 5.92 Å². The predicted molar refractivity (Wildman–Crippen MR) is 105 cm³/mol. The number of piperidine rings is 1. The second-order valence-corrected chi connectivity index (χ2v) is 8.20. The summed E-state index contributed by atoms with van der Waals surface area (Å²) in [7, 11) is -1.57. The SMILES string of the molecule is CNCC1CCCN(S(=O)(=O)c2ccccc2-c2ccccc2)C1.Cl. The van der Waals surface area contributed by atoms with E-state index in [-0.39, 0.29) is 12.4 Å². The standard InChI is InChI=1S/C19H24N2O2S.ClH/c1-20-14-16-8-7-13-21(15-16)24(22,23)19-12-6-5-11-18(19)17-9-3-2-4-10-17;/h2-6,9-12,16,20H,7-8,13-15H2,1H3;1H. The van der Waals surface area contributed by atoms with E-state index in [0.717, 1.165) is 30.5 Å². The van der Waals surface area contributed by atoms with E-state index in [2.05, 4.69) is 5.32 Å². The van der Waals surface area contributed by atoms with Crippen LogP contribution in [0.15, 0.2) is 59.5 Å². The van der Waals surface area contributed by atoms with Crippen LogP contribution in [0.5, 0.6) is 0 Å². The molecule has 0 spiro atoms. The van der Waals surface area contributed by atoms with Crippen molar-refractivity contribution in [3.63, 3.8) is 0 Å². The van der Waals surface area contributed by atoms with E-state index in [0.29, 0.717) is 23.9 Å². The molecule has 6 heteroatoms. The number of benzene rings is 2. The van der Waals surface area contributed by atoms with Crippen LogP contribution in [0.25, 0.3) is 11.1 Å².